The van der Waals surface area contributed by atoms with Gasteiger partial charge < -0.3 is 15.0 Å². The minimum Gasteiger partial charge on any atom is -0.374 e. The van der Waals surface area contributed by atoms with Crippen LogP contribution in [0, 0.1) is 17.0 Å². The number of anilines is 1. The molecular weight excluding hydrogens is 274 g/mol. The van der Waals surface area contributed by atoms with Gasteiger partial charge in [-0.15, -0.1) is 0 Å². The molecule has 1 fully saturated rings. The van der Waals surface area contributed by atoms with Crippen LogP contribution in [0.15, 0.2) is 0 Å². The number of likely N-dealkylation sites (N-methyl/N-ethyl adjacent to an activating group) is 1. The summed E-state index contributed by atoms with van der Waals surface area (Å²) in [6.07, 6.45) is 0.0270. The van der Waals surface area contributed by atoms with Gasteiger partial charge in [0.05, 0.1) is 17.6 Å². The second-order valence-electron chi connectivity index (χ2n) is 5.71. The van der Waals surface area contributed by atoms with Crippen molar-refractivity contribution in [2.75, 3.05) is 38.6 Å². The van der Waals surface area contributed by atoms with Crippen LogP contribution in [0.1, 0.15) is 25.6 Å². The highest BCUT2D eigenvalue weighted by molar-refractivity contribution is 5.59. The molecule has 1 saturated heterocycles. The number of ether oxygens (including phenoxy) is 1. The van der Waals surface area contributed by atoms with Crippen molar-refractivity contribution >= 4 is 11.5 Å². The van der Waals surface area contributed by atoms with Gasteiger partial charge in [0.25, 0.3) is 0 Å². The maximum absolute atomic E-state index is 11.3. The Hall–Kier alpha value is -1.67. The Kier molecular flexibility index (Phi) is 4.79. The van der Waals surface area contributed by atoms with Gasteiger partial charge >= 0.3 is 5.69 Å². The molecule has 1 N–H and O–H groups in total. The minimum atomic E-state index is -0.378. The van der Waals surface area contributed by atoms with Crippen molar-refractivity contribution < 1.29 is 9.66 Å². The molecule has 8 heteroatoms. The minimum absolute atomic E-state index is 0.0270. The molecule has 21 heavy (non-hydrogen) atoms. The van der Waals surface area contributed by atoms with Crippen LogP contribution in [0.25, 0.3) is 0 Å². The lowest BCUT2D eigenvalue weighted by Gasteiger charge is -2.30. The molecule has 1 atom stereocenters. The predicted molar refractivity (Wildman–Crippen MR) is 79.7 cm³/mol. The Balaban J connectivity index is 2.16. The predicted octanol–water partition coefficient (Wildman–Crippen LogP) is 1.42. The lowest BCUT2D eigenvalue weighted by Crippen LogP contribution is -2.43. The van der Waals surface area contributed by atoms with Gasteiger partial charge in [-0.05, 0) is 27.8 Å². The van der Waals surface area contributed by atoms with Gasteiger partial charge in [-0.1, -0.05) is 0 Å². The van der Waals surface area contributed by atoms with Crippen molar-refractivity contribution in [1.82, 2.24) is 14.7 Å². The first-order valence-corrected chi connectivity index (χ1v) is 7.17. The topological polar surface area (TPSA) is 85.5 Å². The molecule has 1 aromatic rings. The second kappa shape index (κ2) is 6.40. The molecule has 0 saturated carbocycles. The standard InChI is InChI=1S/C13H23N5O3/c1-9(2)17-13(12(18(19)20)10(3)15-17)14-7-11-8-16(4)5-6-21-11/h9,11,14H,5-8H2,1-4H3. The molecule has 118 valence electrons. The summed E-state index contributed by atoms with van der Waals surface area (Å²) in [6, 6.07) is 0.0508. The van der Waals surface area contributed by atoms with Crippen LogP contribution in [0.3, 0.4) is 0 Å². The number of hydrogen-bond donors (Lipinski definition) is 1. The van der Waals surface area contributed by atoms with Crippen molar-refractivity contribution in [1.29, 1.82) is 0 Å². The van der Waals surface area contributed by atoms with Crippen LogP contribution in [0.5, 0.6) is 0 Å². The van der Waals surface area contributed by atoms with E-state index in [1.54, 1.807) is 11.6 Å². The SMILES string of the molecule is Cc1nn(C(C)C)c(NCC2CN(C)CCO2)c1[N+](=O)[O-]. The average Bonchev–Trinajstić information content (AvgIpc) is 2.73. The highest BCUT2D eigenvalue weighted by atomic mass is 16.6. The van der Waals surface area contributed by atoms with Gasteiger partial charge in [0.1, 0.15) is 5.69 Å². The van der Waals surface area contributed by atoms with Gasteiger partial charge in [0.15, 0.2) is 0 Å². The van der Waals surface area contributed by atoms with E-state index < -0.39 is 0 Å². The van der Waals surface area contributed by atoms with E-state index in [1.165, 1.54) is 0 Å². The summed E-state index contributed by atoms with van der Waals surface area (Å²) in [4.78, 5) is 13.1. The molecule has 0 radical (unpaired) electrons. The number of nitro groups is 1. The molecule has 1 aliphatic rings. The van der Waals surface area contributed by atoms with E-state index in [2.05, 4.69) is 15.3 Å². The summed E-state index contributed by atoms with van der Waals surface area (Å²) in [6.45, 7) is 8.51. The summed E-state index contributed by atoms with van der Waals surface area (Å²) >= 11 is 0. The number of rotatable bonds is 5. The first-order chi connectivity index (χ1) is 9.90. The summed E-state index contributed by atoms with van der Waals surface area (Å²) in [7, 11) is 2.04. The lowest BCUT2D eigenvalue weighted by atomic mass is 10.2. The van der Waals surface area contributed by atoms with Crippen molar-refractivity contribution in [2.24, 2.45) is 0 Å². The highest BCUT2D eigenvalue weighted by Crippen LogP contribution is 2.30. The van der Waals surface area contributed by atoms with E-state index in [0.29, 0.717) is 24.7 Å². The van der Waals surface area contributed by atoms with Crippen molar-refractivity contribution in [3.63, 3.8) is 0 Å². The van der Waals surface area contributed by atoms with Crippen LogP contribution in [0.4, 0.5) is 11.5 Å². The number of aromatic nitrogens is 2. The summed E-state index contributed by atoms with van der Waals surface area (Å²) in [5.41, 5.74) is 0.478. The fraction of sp³-hybridized carbons (Fsp3) is 0.769. The zero-order valence-electron chi connectivity index (χ0n) is 13.0. The lowest BCUT2D eigenvalue weighted by molar-refractivity contribution is -0.384. The van der Waals surface area contributed by atoms with E-state index in [4.69, 9.17) is 4.74 Å². The third-order valence-electron chi connectivity index (χ3n) is 3.56. The van der Waals surface area contributed by atoms with Crippen LogP contribution in [-0.2, 0) is 4.74 Å². The fourth-order valence-electron chi connectivity index (χ4n) is 2.50. The van der Waals surface area contributed by atoms with Crippen LogP contribution in [-0.4, -0.2) is 59.0 Å². The Morgan fingerprint density at radius 2 is 2.29 bits per heavy atom. The highest BCUT2D eigenvalue weighted by Gasteiger charge is 2.27. The first-order valence-electron chi connectivity index (χ1n) is 7.17. The zero-order valence-corrected chi connectivity index (χ0v) is 13.0. The molecule has 0 amide bonds. The summed E-state index contributed by atoms with van der Waals surface area (Å²) < 4.78 is 7.34. The number of nitrogens with zero attached hydrogens (tertiary/aromatic N) is 4. The Bertz CT molecular complexity index is 514. The summed E-state index contributed by atoms with van der Waals surface area (Å²) in [5, 5.41) is 18.7. The Morgan fingerprint density at radius 1 is 1.57 bits per heavy atom. The first kappa shape index (κ1) is 15.7. The van der Waals surface area contributed by atoms with Crippen molar-refractivity contribution in [2.45, 2.75) is 32.9 Å². The van der Waals surface area contributed by atoms with Gasteiger partial charge in [0.2, 0.25) is 5.82 Å². The fourth-order valence-corrected chi connectivity index (χ4v) is 2.50. The molecule has 1 unspecified atom stereocenters. The largest absolute Gasteiger partial charge is 0.374 e. The smallest absolute Gasteiger partial charge is 0.333 e. The second-order valence-corrected chi connectivity index (χ2v) is 5.71. The third kappa shape index (κ3) is 3.51. The van der Waals surface area contributed by atoms with E-state index in [9.17, 15) is 10.1 Å². The van der Waals surface area contributed by atoms with Crippen LogP contribution >= 0.6 is 0 Å². The summed E-state index contributed by atoms with van der Waals surface area (Å²) in [5.74, 6) is 0.462. The molecule has 1 aromatic heterocycles. The van der Waals surface area contributed by atoms with E-state index >= 15 is 0 Å². The molecule has 0 aromatic carbocycles. The van der Waals surface area contributed by atoms with Crippen LogP contribution < -0.4 is 5.32 Å². The van der Waals surface area contributed by atoms with E-state index in [-0.39, 0.29) is 22.8 Å². The monoisotopic (exact) mass is 297 g/mol. The number of hydrogen-bond acceptors (Lipinski definition) is 6. The van der Waals surface area contributed by atoms with Gasteiger partial charge in [-0.2, -0.15) is 5.10 Å². The number of nitrogens with one attached hydrogen (secondary N) is 1. The molecule has 0 aliphatic carbocycles. The van der Waals surface area contributed by atoms with Crippen LogP contribution in [0.2, 0.25) is 0 Å². The maximum atomic E-state index is 11.3. The molecule has 0 spiro atoms. The number of morpholine rings is 1. The molecule has 0 bridgehead atoms. The maximum Gasteiger partial charge on any atom is 0.333 e. The molecule has 1 aliphatic heterocycles. The van der Waals surface area contributed by atoms with E-state index in [0.717, 1.165) is 13.1 Å². The molecular formula is C13H23N5O3. The zero-order chi connectivity index (χ0) is 15.6. The Morgan fingerprint density at radius 3 is 2.86 bits per heavy atom. The molecule has 8 nitrogen and oxygen atoms in total. The van der Waals surface area contributed by atoms with Crippen molar-refractivity contribution in [3.05, 3.63) is 15.8 Å². The third-order valence-corrected chi connectivity index (χ3v) is 3.56. The quantitative estimate of drug-likeness (QED) is 0.653. The average molecular weight is 297 g/mol. The van der Waals surface area contributed by atoms with Gasteiger partial charge in [-0.3, -0.25) is 10.1 Å². The van der Waals surface area contributed by atoms with E-state index in [1.807, 2.05) is 20.9 Å². The number of aryl methyl sites for hydroxylation is 1. The molecule has 2 rings (SSSR count). The normalized spacial score (nSPS) is 20.0. The van der Waals surface area contributed by atoms with Crippen molar-refractivity contribution in [3.8, 4) is 0 Å². The molecule has 2 heterocycles. The van der Waals surface area contributed by atoms with Gasteiger partial charge in [-0.25, -0.2) is 4.68 Å². The Labute approximate surface area is 124 Å². The van der Waals surface area contributed by atoms with Gasteiger partial charge in [0, 0.05) is 25.7 Å².